The van der Waals surface area contributed by atoms with Gasteiger partial charge < -0.3 is 10.4 Å². The first-order chi connectivity index (χ1) is 9.72. The molecule has 0 aliphatic heterocycles. The highest BCUT2D eigenvalue weighted by molar-refractivity contribution is 7.92. The predicted octanol–water partition coefficient (Wildman–Crippen LogP) is 2.23. The molecule has 1 fully saturated rings. The van der Waals surface area contributed by atoms with Gasteiger partial charge in [-0.25, -0.2) is 13.4 Å². The van der Waals surface area contributed by atoms with Gasteiger partial charge >= 0.3 is 0 Å². The second-order valence-corrected chi connectivity index (χ2v) is 9.29. The Kier molecular flexibility index (Phi) is 4.58. The third-order valence-electron chi connectivity index (χ3n) is 4.01. The van der Waals surface area contributed by atoms with Crippen molar-refractivity contribution in [1.29, 1.82) is 0 Å². The summed E-state index contributed by atoms with van der Waals surface area (Å²) in [5.41, 5.74) is 0.780. The molecule has 118 valence electrons. The average molecular weight is 312 g/mol. The van der Waals surface area contributed by atoms with Crippen molar-refractivity contribution in [1.82, 2.24) is 4.98 Å². The zero-order valence-electron chi connectivity index (χ0n) is 12.8. The Bertz CT molecular complexity index is 576. The van der Waals surface area contributed by atoms with Crippen LogP contribution in [-0.2, 0) is 9.84 Å². The Morgan fingerprint density at radius 1 is 1.33 bits per heavy atom. The normalized spacial score (nSPS) is 23.2. The SMILES string of the molecule is CC(C)(C)S(=O)(=O)c1ccc(NCC2CCCC2O)cn1. The summed E-state index contributed by atoms with van der Waals surface area (Å²) < 4.78 is 23.7. The number of sulfone groups is 1. The molecule has 0 spiro atoms. The van der Waals surface area contributed by atoms with Crippen LogP contribution in [0.25, 0.3) is 0 Å². The molecule has 2 N–H and O–H groups in total. The number of hydrogen-bond acceptors (Lipinski definition) is 5. The molecule has 2 atom stereocenters. The smallest absolute Gasteiger partial charge is 0.200 e. The minimum Gasteiger partial charge on any atom is -0.393 e. The fourth-order valence-corrected chi connectivity index (χ4v) is 3.53. The summed E-state index contributed by atoms with van der Waals surface area (Å²) in [4.78, 5) is 4.07. The quantitative estimate of drug-likeness (QED) is 0.891. The lowest BCUT2D eigenvalue weighted by Crippen LogP contribution is -2.28. The number of nitrogens with one attached hydrogen (secondary N) is 1. The summed E-state index contributed by atoms with van der Waals surface area (Å²) in [6, 6.07) is 3.26. The highest BCUT2D eigenvalue weighted by Gasteiger charge is 2.32. The van der Waals surface area contributed by atoms with Crippen molar-refractivity contribution in [3.8, 4) is 0 Å². The number of anilines is 1. The van der Waals surface area contributed by atoms with Crippen LogP contribution in [0.5, 0.6) is 0 Å². The van der Waals surface area contributed by atoms with Crippen molar-refractivity contribution in [2.45, 2.75) is 55.9 Å². The summed E-state index contributed by atoms with van der Waals surface area (Å²) in [6.45, 7) is 5.68. The minimum absolute atomic E-state index is 0.0986. The van der Waals surface area contributed by atoms with E-state index in [2.05, 4.69) is 10.3 Å². The molecular formula is C15H24N2O3S. The Morgan fingerprint density at radius 2 is 2.05 bits per heavy atom. The topological polar surface area (TPSA) is 79.3 Å². The summed E-state index contributed by atoms with van der Waals surface area (Å²) in [5, 5.41) is 13.1. The van der Waals surface area contributed by atoms with Crippen molar-refractivity contribution in [3.63, 3.8) is 0 Å². The van der Waals surface area contributed by atoms with E-state index in [0.717, 1.165) is 24.9 Å². The number of aromatic nitrogens is 1. The highest BCUT2D eigenvalue weighted by atomic mass is 32.2. The first kappa shape index (κ1) is 16.2. The molecule has 0 radical (unpaired) electrons. The van der Waals surface area contributed by atoms with Gasteiger partial charge in [0.1, 0.15) is 0 Å². The molecule has 1 aromatic heterocycles. The molecule has 6 heteroatoms. The maximum atomic E-state index is 12.3. The molecule has 1 heterocycles. The van der Waals surface area contributed by atoms with Crippen LogP contribution in [-0.4, -0.2) is 35.9 Å². The van der Waals surface area contributed by atoms with Gasteiger partial charge in [-0.1, -0.05) is 6.42 Å². The van der Waals surface area contributed by atoms with E-state index < -0.39 is 14.6 Å². The van der Waals surface area contributed by atoms with E-state index in [4.69, 9.17) is 0 Å². The van der Waals surface area contributed by atoms with Crippen LogP contribution in [0.4, 0.5) is 5.69 Å². The molecular weight excluding hydrogens is 288 g/mol. The van der Waals surface area contributed by atoms with Gasteiger partial charge in [0, 0.05) is 12.5 Å². The van der Waals surface area contributed by atoms with Crippen LogP contribution >= 0.6 is 0 Å². The van der Waals surface area contributed by atoms with Crippen LogP contribution in [0.3, 0.4) is 0 Å². The van der Waals surface area contributed by atoms with Crippen molar-refractivity contribution < 1.29 is 13.5 Å². The minimum atomic E-state index is -3.41. The van der Waals surface area contributed by atoms with Gasteiger partial charge in [-0.05, 0) is 45.7 Å². The van der Waals surface area contributed by atoms with E-state index in [1.54, 1.807) is 33.0 Å². The molecule has 5 nitrogen and oxygen atoms in total. The largest absolute Gasteiger partial charge is 0.393 e. The van der Waals surface area contributed by atoms with E-state index >= 15 is 0 Å². The van der Waals surface area contributed by atoms with Crippen molar-refractivity contribution in [2.24, 2.45) is 5.92 Å². The third-order valence-corrected chi connectivity index (χ3v) is 6.41. The molecule has 1 saturated carbocycles. The maximum Gasteiger partial charge on any atom is 0.200 e. The molecule has 2 unspecified atom stereocenters. The number of pyridine rings is 1. The van der Waals surface area contributed by atoms with Crippen LogP contribution in [0.15, 0.2) is 23.4 Å². The van der Waals surface area contributed by atoms with Gasteiger partial charge in [-0.3, -0.25) is 0 Å². The number of aliphatic hydroxyl groups is 1. The predicted molar refractivity (Wildman–Crippen MR) is 83.0 cm³/mol. The number of rotatable bonds is 4. The Hall–Kier alpha value is -1.14. The molecule has 0 amide bonds. The molecule has 1 aliphatic rings. The third kappa shape index (κ3) is 3.55. The van der Waals surface area contributed by atoms with E-state index in [1.807, 2.05) is 0 Å². The van der Waals surface area contributed by atoms with Gasteiger partial charge in [-0.2, -0.15) is 0 Å². The van der Waals surface area contributed by atoms with E-state index in [0.29, 0.717) is 6.54 Å². The maximum absolute atomic E-state index is 12.3. The molecule has 0 aromatic carbocycles. The fourth-order valence-electron chi connectivity index (χ4n) is 2.46. The number of nitrogens with zero attached hydrogens (tertiary/aromatic N) is 1. The van der Waals surface area contributed by atoms with E-state index in [9.17, 15) is 13.5 Å². The van der Waals surface area contributed by atoms with Gasteiger partial charge in [0.15, 0.2) is 14.9 Å². The molecule has 1 aliphatic carbocycles. The standard InChI is InChI=1S/C15H24N2O3S/c1-15(2,3)21(19,20)14-8-7-12(10-17-14)16-9-11-5-4-6-13(11)18/h7-8,10-11,13,16,18H,4-6,9H2,1-3H3. The Morgan fingerprint density at radius 3 is 2.52 bits per heavy atom. The molecule has 2 rings (SSSR count). The molecule has 1 aromatic rings. The van der Waals surface area contributed by atoms with Crippen LogP contribution < -0.4 is 5.32 Å². The second-order valence-electron chi connectivity index (χ2n) is 6.64. The summed E-state index contributed by atoms with van der Waals surface area (Å²) in [5.74, 6) is 0.267. The zero-order valence-corrected chi connectivity index (χ0v) is 13.7. The molecule has 0 bridgehead atoms. The van der Waals surface area contributed by atoms with Gasteiger partial charge in [-0.15, -0.1) is 0 Å². The average Bonchev–Trinajstić information content (AvgIpc) is 2.81. The first-order valence-corrected chi connectivity index (χ1v) is 8.83. The van der Waals surface area contributed by atoms with Gasteiger partial charge in [0.25, 0.3) is 0 Å². The fraction of sp³-hybridized carbons (Fsp3) is 0.667. The van der Waals surface area contributed by atoms with E-state index in [1.165, 1.54) is 6.07 Å². The second kappa shape index (κ2) is 5.93. The zero-order chi connectivity index (χ0) is 15.7. The van der Waals surface area contributed by atoms with Crippen molar-refractivity contribution >= 4 is 15.5 Å². The van der Waals surface area contributed by atoms with Crippen LogP contribution in [0, 0.1) is 5.92 Å². The summed E-state index contributed by atoms with van der Waals surface area (Å²) in [7, 11) is -3.41. The number of hydrogen-bond donors (Lipinski definition) is 2. The molecule has 0 saturated heterocycles. The lowest BCUT2D eigenvalue weighted by atomic mass is 10.1. The Labute approximate surface area is 126 Å². The van der Waals surface area contributed by atoms with Crippen molar-refractivity contribution in [3.05, 3.63) is 18.3 Å². The highest BCUT2D eigenvalue weighted by Crippen LogP contribution is 2.26. The van der Waals surface area contributed by atoms with Gasteiger partial charge in [0.2, 0.25) is 0 Å². The van der Waals surface area contributed by atoms with Crippen LogP contribution in [0.2, 0.25) is 0 Å². The summed E-state index contributed by atoms with van der Waals surface area (Å²) in [6.07, 6.45) is 4.27. The lowest BCUT2D eigenvalue weighted by molar-refractivity contribution is 0.138. The first-order valence-electron chi connectivity index (χ1n) is 7.34. The van der Waals surface area contributed by atoms with Gasteiger partial charge in [0.05, 0.1) is 22.7 Å². The van der Waals surface area contributed by atoms with E-state index in [-0.39, 0.29) is 17.0 Å². The monoisotopic (exact) mass is 312 g/mol. The van der Waals surface area contributed by atoms with Crippen molar-refractivity contribution in [2.75, 3.05) is 11.9 Å². The number of aliphatic hydroxyl groups excluding tert-OH is 1. The lowest BCUT2D eigenvalue weighted by Gasteiger charge is -2.19. The summed E-state index contributed by atoms with van der Waals surface area (Å²) >= 11 is 0. The van der Waals surface area contributed by atoms with Crippen LogP contribution in [0.1, 0.15) is 40.0 Å². The Balaban J connectivity index is 2.03. The molecule has 21 heavy (non-hydrogen) atoms.